The molecule has 0 saturated carbocycles. The number of carbonyl (C=O) groups is 2. The van der Waals surface area contributed by atoms with E-state index in [1.165, 1.54) is 0 Å². The SMILES string of the molecule is CCCC(CC)NC(=O)NCC(C(=O)O)c1ccccc1. The van der Waals surface area contributed by atoms with Gasteiger partial charge in [-0.25, -0.2) is 4.79 Å². The van der Waals surface area contributed by atoms with Crippen molar-refractivity contribution in [3.63, 3.8) is 0 Å². The van der Waals surface area contributed by atoms with Crippen molar-refractivity contribution in [1.82, 2.24) is 10.6 Å². The summed E-state index contributed by atoms with van der Waals surface area (Å²) in [4.78, 5) is 23.2. The van der Waals surface area contributed by atoms with Gasteiger partial charge in [0.05, 0.1) is 5.92 Å². The summed E-state index contributed by atoms with van der Waals surface area (Å²) in [6.45, 7) is 4.16. The van der Waals surface area contributed by atoms with Gasteiger partial charge in [0.15, 0.2) is 0 Å². The van der Waals surface area contributed by atoms with Crippen LogP contribution in [0.4, 0.5) is 4.79 Å². The molecule has 1 rings (SSSR count). The van der Waals surface area contributed by atoms with E-state index in [4.69, 9.17) is 0 Å². The molecular weight excluding hydrogens is 268 g/mol. The maximum atomic E-state index is 11.8. The van der Waals surface area contributed by atoms with Crippen LogP contribution in [0.2, 0.25) is 0 Å². The Hall–Kier alpha value is -2.04. The molecule has 1 aromatic carbocycles. The van der Waals surface area contributed by atoms with Crippen molar-refractivity contribution in [1.29, 1.82) is 0 Å². The maximum Gasteiger partial charge on any atom is 0.315 e. The lowest BCUT2D eigenvalue weighted by Gasteiger charge is -2.18. The number of carboxylic acids is 1. The van der Waals surface area contributed by atoms with Crippen molar-refractivity contribution in [2.75, 3.05) is 6.54 Å². The molecule has 0 radical (unpaired) electrons. The van der Waals surface area contributed by atoms with Gasteiger partial charge >= 0.3 is 12.0 Å². The Bertz CT molecular complexity index is 448. The number of hydrogen-bond acceptors (Lipinski definition) is 2. The minimum atomic E-state index is -0.943. The number of hydrogen-bond donors (Lipinski definition) is 3. The average molecular weight is 292 g/mol. The maximum absolute atomic E-state index is 11.8. The first-order valence-electron chi connectivity index (χ1n) is 7.40. The molecule has 0 aliphatic rings. The first-order valence-corrected chi connectivity index (χ1v) is 7.40. The summed E-state index contributed by atoms with van der Waals surface area (Å²) in [6, 6.07) is 8.75. The molecule has 2 atom stereocenters. The molecule has 1 aromatic rings. The van der Waals surface area contributed by atoms with Crippen LogP contribution in [0.5, 0.6) is 0 Å². The van der Waals surface area contributed by atoms with Gasteiger partial charge < -0.3 is 15.7 Å². The summed E-state index contributed by atoms with van der Waals surface area (Å²) in [5.74, 6) is -1.68. The lowest BCUT2D eigenvalue weighted by Crippen LogP contribution is -2.43. The Balaban J connectivity index is 2.54. The fraction of sp³-hybridized carbons (Fsp3) is 0.500. The van der Waals surface area contributed by atoms with Gasteiger partial charge in [-0.05, 0) is 18.4 Å². The van der Waals surface area contributed by atoms with Crippen LogP contribution in [0.3, 0.4) is 0 Å². The van der Waals surface area contributed by atoms with Gasteiger partial charge in [-0.1, -0.05) is 50.6 Å². The van der Waals surface area contributed by atoms with Gasteiger partial charge in [0, 0.05) is 12.6 Å². The first-order chi connectivity index (χ1) is 10.1. The second-order valence-corrected chi connectivity index (χ2v) is 5.05. The van der Waals surface area contributed by atoms with Crippen LogP contribution in [-0.4, -0.2) is 29.7 Å². The monoisotopic (exact) mass is 292 g/mol. The molecule has 3 N–H and O–H groups in total. The zero-order chi connectivity index (χ0) is 15.7. The van der Waals surface area contributed by atoms with Crippen LogP contribution < -0.4 is 10.6 Å². The summed E-state index contributed by atoms with van der Waals surface area (Å²) >= 11 is 0. The third-order valence-corrected chi connectivity index (χ3v) is 3.43. The van der Waals surface area contributed by atoms with E-state index < -0.39 is 11.9 Å². The highest BCUT2D eigenvalue weighted by Crippen LogP contribution is 2.14. The van der Waals surface area contributed by atoms with Crippen molar-refractivity contribution in [3.05, 3.63) is 35.9 Å². The zero-order valence-electron chi connectivity index (χ0n) is 12.6. The van der Waals surface area contributed by atoms with E-state index in [-0.39, 0.29) is 18.6 Å². The van der Waals surface area contributed by atoms with Crippen LogP contribution in [0.15, 0.2) is 30.3 Å². The summed E-state index contributed by atoms with van der Waals surface area (Å²) in [5, 5.41) is 14.8. The Morgan fingerprint density at radius 1 is 1.19 bits per heavy atom. The molecule has 0 aliphatic heterocycles. The number of carbonyl (C=O) groups excluding carboxylic acids is 1. The number of amides is 2. The highest BCUT2D eigenvalue weighted by atomic mass is 16.4. The minimum Gasteiger partial charge on any atom is -0.481 e. The number of urea groups is 1. The van der Waals surface area contributed by atoms with Crippen LogP contribution in [0, 0.1) is 0 Å². The molecule has 0 aliphatic carbocycles. The van der Waals surface area contributed by atoms with Crippen molar-refractivity contribution in [3.8, 4) is 0 Å². The fourth-order valence-electron chi connectivity index (χ4n) is 2.19. The molecular formula is C16H24N2O3. The highest BCUT2D eigenvalue weighted by molar-refractivity contribution is 5.79. The lowest BCUT2D eigenvalue weighted by molar-refractivity contribution is -0.138. The van der Waals surface area contributed by atoms with Gasteiger partial charge in [-0.3, -0.25) is 4.79 Å². The molecule has 5 nitrogen and oxygen atoms in total. The second-order valence-electron chi connectivity index (χ2n) is 5.05. The topological polar surface area (TPSA) is 78.4 Å². The van der Waals surface area contributed by atoms with Crippen molar-refractivity contribution >= 4 is 12.0 Å². The van der Waals surface area contributed by atoms with Crippen LogP contribution in [-0.2, 0) is 4.79 Å². The van der Waals surface area contributed by atoms with Gasteiger partial charge in [-0.15, -0.1) is 0 Å². The lowest BCUT2D eigenvalue weighted by atomic mass is 9.99. The number of aliphatic carboxylic acids is 1. The minimum absolute atomic E-state index is 0.0771. The largest absolute Gasteiger partial charge is 0.481 e. The Labute approximate surface area is 125 Å². The van der Waals surface area contributed by atoms with E-state index in [0.717, 1.165) is 19.3 Å². The molecule has 2 unspecified atom stereocenters. The third kappa shape index (κ3) is 5.85. The van der Waals surface area contributed by atoms with Crippen molar-refractivity contribution < 1.29 is 14.7 Å². The summed E-state index contributed by atoms with van der Waals surface area (Å²) in [7, 11) is 0. The number of carboxylic acid groups (broad SMARTS) is 1. The summed E-state index contributed by atoms with van der Waals surface area (Å²) in [6.07, 6.45) is 2.79. The first kappa shape index (κ1) is 17.0. The summed E-state index contributed by atoms with van der Waals surface area (Å²) < 4.78 is 0. The molecule has 0 spiro atoms. The Morgan fingerprint density at radius 3 is 2.38 bits per heavy atom. The van der Waals surface area contributed by atoms with Gasteiger partial charge in [0.2, 0.25) is 0 Å². The summed E-state index contributed by atoms with van der Waals surface area (Å²) in [5.41, 5.74) is 0.686. The predicted octanol–water partition coefficient (Wildman–Crippen LogP) is 2.73. The number of benzene rings is 1. The van der Waals surface area contributed by atoms with Crippen LogP contribution >= 0.6 is 0 Å². The van der Waals surface area contributed by atoms with E-state index in [2.05, 4.69) is 17.6 Å². The van der Waals surface area contributed by atoms with E-state index in [9.17, 15) is 14.7 Å². The quantitative estimate of drug-likeness (QED) is 0.689. The predicted molar refractivity (Wildman–Crippen MR) is 82.3 cm³/mol. The van der Waals surface area contributed by atoms with E-state index in [1.807, 2.05) is 13.0 Å². The van der Waals surface area contributed by atoms with Gasteiger partial charge in [0.25, 0.3) is 0 Å². The zero-order valence-corrected chi connectivity index (χ0v) is 12.6. The van der Waals surface area contributed by atoms with Gasteiger partial charge in [0.1, 0.15) is 0 Å². The van der Waals surface area contributed by atoms with E-state index >= 15 is 0 Å². The highest BCUT2D eigenvalue weighted by Gasteiger charge is 2.20. The molecule has 0 fully saturated rings. The fourth-order valence-corrected chi connectivity index (χ4v) is 2.19. The number of rotatable bonds is 8. The van der Waals surface area contributed by atoms with Crippen molar-refractivity contribution in [2.45, 2.75) is 45.1 Å². The average Bonchev–Trinajstić information content (AvgIpc) is 2.47. The Kier molecular flexibility index (Phi) is 7.29. The van der Waals surface area contributed by atoms with E-state index in [1.54, 1.807) is 24.3 Å². The van der Waals surface area contributed by atoms with Crippen molar-refractivity contribution in [2.24, 2.45) is 0 Å². The standard InChI is InChI=1S/C16H24N2O3/c1-3-8-13(4-2)18-16(21)17-11-14(15(19)20)12-9-6-5-7-10-12/h5-7,9-10,13-14H,3-4,8,11H2,1-2H3,(H,19,20)(H2,17,18,21). The second kappa shape index (κ2) is 9.00. The smallest absolute Gasteiger partial charge is 0.315 e. The normalized spacial score (nSPS) is 13.2. The molecule has 0 saturated heterocycles. The van der Waals surface area contributed by atoms with Gasteiger partial charge in [-0.2, -0.15) is 0 Å². The number of nitrogens with one attached hydrogen (secondary N) is 2. The third-order valence-electron chi connectivity index (χ3n) is 3.43. The van der Waals surface area contributed by atoms with E-state index in [0.29, 0.717) is 5.56 Å². The molecule has 0 bridgehead atoms. The van der Waals surface area contributed by atoms with Crippen LogP contribution in [0.1, 0.15) is 44.6 Å². The van der Waals surface area contributed by atoms with Crippen LogP contribution in [0.25, 0.3) is 0 Å². The molecule has 116 valence electrons. The molecule has 2 amide bonds. The molecule has 5 heteroatoms. The molecule has 0 heterocycles. The molecule has 21 heavy (non-hydrogen) atoms. The molecule has 0 aromatic heterocycles. The Morgan fingerprint density at radius 2 is 1.86 bits per heavy atom.